The van der Waals surface area contributed by atoms with Gasteiger partial charge in [0.25, 0.3) is 0 Å². The van der Waals surface area contributed by atoms with Crippen LogP contribution in [0.4, 0.5) is 0 Å². The molecule has 130 valence electrons. The van der Waals surface area contributed by atoms with E-state index in [1.165, 1.54) is 18.4 Å². The summed E-state index contributed by atoms with van der Waals surface area (Å²) in [5.74, 6) is 1.72. The molecule has 0 radical (unpaired) electrons. The molecule has 0 saturated carbocycles. The topological polar surface area (TPSA) is 54.9 Å². The summed E-state index contributed by atoms with van der Waals surface area (Å²) in [6.45, 7) is 7.11. The van der Waals surface area contributed by atoms with Gasteiger partial charge in [0.15, 0.2) is 5.96 Å². The molecule has 0 saturated heterocycles. The van der Waals surface area contributed by atoms with Crippen molar-refractivity contribution >= 4 is 5.96 Å². The van der Waals surface area contributed by atoms with Crippen molar-refractivity contribution in [1.82, 2.24) is 10.6 Å². The maximum Gasteiger partial charge on any atom is 0.191 e. The summed E-state index contributed by atoms with van der Waals surface area (Å²) in [7, 11) is 3.45. The van der Waals surface area contributed by atoms with Gasteiger partial charge in [0.2, 0.25) is 0 Å². The minimum Gasteiger partial charge on any atom is -0.493 e. The third kappa shape index (κ3) is 7.88. The van der Waals surface area contributed by atoms with Gasteiger partial charge >= 0.3 is 0 Å². The molecule has 1 aromatic rings. The predicted molar refractivity (Wildman–Crippen MR) is 96.3 cm³/mol. The first-order valence-electron chi connectivity index (χ1n) is 8.37. The van der Waals surface area contributed by atoms with Gasteiger partial charge < -0.3 is 20.1 Å². The largest absolute Gasteiger partial charge is 0.493 e. The average Bonchev–Trinajstić information content (AvgIpc) is 2.56. The van der Waals surface area contributed by atoms with E-state index in [0.717, 1.165) is 36.8 Å². The Hall–Kier alpha value is -1.75. The van der Waals surface area contributed by atoms with Crippen LogP contribution in [0.25, 0.3) is 0 Å². The molecule has 0 unspecified atom stereocenters. The summed E-state index contributed by atoms with van der Waals surface area (Å²) in [5, 5.41) is 6.51. The number of hydrogen-bond acceptors (Lipinski definition) is 3. The van der Waals surface area contributed by atoms with Crippen LogP contribution in [0.5, 0.6) is 5.75 Å². The second-order valence-electron chi connectivity index (χ2n) is 5.51. The molecule has 0 spiro atoms. The van der Waals surface area contributed by atoms with E-state index in [9.17, 15) is 0 Å². The molecular weight excluding hydrogens is 290 g/mol. The van der Waals surface area contributed by atoms with Crippen LogP contribution in [0.3, 0.4) is 0 Å². The zero-order valence-corrected chi connectivity index (χ0v) is 14.9. The normalized spacial score (nSPS) is 11.4. The first-order valence-corrected chi connectivity index (χ1v) is 8.37. The average molecular weight is 321 g/mol. The first-order chi connectivity index (χ1) is 11.2. The van der Waals surface area contributed by atoms with Crippen LogP contribution in [0.15, 0.2) is 23.2 Å². The highest BCUT2D eigenvalue weighted by atomic mass is 16.5. The number of aryl methyl sites for hydroxylation is 1. The quantitative estimate of drug-likeness (QED) is 0.395. The third-order valence-corrected chi connectivity index (χ3v) is 3.50. The Kier molecular flexibility index (Phi) is 9.87. The molecule has 1 rings (SSSR count). The van der Waals surface area contributed by atoms with Crippen molar-refractivity contribution in [3.63, 3.8) is 0 Å². The number of unbranched alkanes of at least 4 members (excludes halogenated alkanes) is 2. The molecule has 0 heterocycles. The Bertz CT molecular complexity index is 475. The molecule has 0 aliphatic heterocycles. The molecule has 0 fully saturated rings. The Morgan fingerprint density at radius 2 is 2.00 bits per heavy atom. The minimum atomic E-state index is 0.650. The lowest BCUT2D eigenvalue weighted by molar-refractivity contribution is 0.203. The third-order valence-electron chi connectivity index (χ3n) is 3.50. The number of aliphatic imine (C=N–C) groups is 1. The highest BCUT2D eigenvalue weighted by molar-refractivity contribution is 5.79. The van der Waals surface area contributed by atoms with Crippen LogP contribution >= 0.6 is 0 Å². The molecule has 0 aliphatic carbocycles. The fraction of sp³-hybridized carbons (Fsp3) is 0.611. The van der Waals surface area contributed by atoms with Crippen molar-refractivity contribution in [2.75, 3.05) is 33.9 Å². The standard InChI is InChI=1S/C18H31N3O2/c1-5-6-7-11-23-17-13-15(2)8-9-16(17)14-21-18(19-3)20-10-12-22-4/h8-9,13H,5-7,10-12,14H2,1-4H3,(H2,19,20,21). The smallest absolute Gasteiger partial charge is 0.191 e. The molecule has 5 heteroatoms. The Labute approximate surface area is 140 Å². The van der Waals surface area contributed by atoms with E-state index in [1.807, 2.05) is 0 Å². The lowest BCUT2D eigenvalue weighted by Crippen LogP contribution is -2.38. The van der Waals surface area contributed by atoms with Gasteiger partial charge in [0.05, 0.1) is 13.2 Å². The zero-order chi connectivity index (χ0) is 16.9. The number of rotatable bonds is 10. The molecule has 0 bridgehead atoms. The van der Waals surface area contributed by atoms with E-state index in [4.69, 9.17) is 9.47 Å². The summed E-state index contributed by atoms with van der Waals surface area (Å²) in [6.07, 6.45) is 3.50. The maximum atomic E-state index is 5.96. The lowest BCUT2D eigenvalue weighted by Gasteiger charge is -2.15. The van der Waals surface area contributed by atoms with E-state index < -0.39 is 0 Å². The van der Waals surface area contributed by atoms with Gasteiger partial charge in [-0.1, -0.05) is 31.9 Å². The van der Waals surface area contributed by atoms with Gasteiger partial charge in [-0.25, -0.2) is 0 Å². The Morgan fingerprint density at radius 1 is 1.17 bits per heavy atom. The first kappa shape index (κ1) is 19.3. The minimum absolute atomic E-state index is 0.650. The van der Waals surface area contributed by atoms with Crippen LogP contribution in [-0.2, 0) is 11.3 Å². The van der Waals surface area contributed by atoms with Crippen molar-refractivity contribution in [2.45, 2.75) is 39.7 Å². The Balaban J connectivity index is 2.57. The van der Waals surface area contributed by atoms with E-state index in [-0.39, 0.29) is 0 Å². The maximum absolute atomic E-state index is 5.96. The zero-order valence-electron chi connectivity index (χ0n) is 14.9. The predicted octanol–water partition coefficient (Wildman–Crippen LogP) is 2.88. The van der Waals surface area contributed by atoms with E-state index in [2.05, 4.69) is 47.7 Å². The van der Waals surface area contributed by atoms with Crippen LogP contribution in [0.2, 0.25) is 0 Å². The van der Waals surface area contributed by atoms with Gasteiger partial charge in [-0.2, -0.15) is 0 Å². The molecule has 0 aliphatic rings. The van der Waals surface area contributed by atoms with E-state index >= 15 is 0 Å². The van der Waals surface area contributed by atoms with Gasteiger partial charge in [0, 0.05) is 32.8 Å². The van der Waals surface area contributed by atoms with Crippen LogP contribution < -0.4 is 15.4 Å². The second kappa shape index (κ2) is 11.8. The molecule has 0 atom stereocenters. The molecular formula is C18H31N3O2. The van der Waals surface area contributed by atoms with Crippen LogP contribution in [-0.4, -0.2) is 39.9 Å². The lowest BCUT2D eigenvalue weighted by atomic mass is 10.1. The number of nitrogens with zero attached hydrogens (tertiary/aromatic N) is 1. The summed E-state index contributed by atoms with van der Waals surface area (Å²) in [4.78, 5) is 4.21. The molecule has 23 heavy (non-hydrogen) atoms. The van der Waals surface area contributed by atoms with Crippen molar-refractivity contribution in [1.29, 1.82) is 0 Å². The fourth-order valence-corrected chi connectivity index (χ4v) is 2.15. The van der Waals surface area contributed by atoms with Gasteiger partial charge in [-0.15, -0.1) is 0 Å². The van der Waals surface area contributed by atoms with Gasteiger partial charge in [-0.3, -0.25) is 4.99 Å². The van der Waals surface area contributed by atoms with Crippen molar-refractivity contribution < 1.29 is 9.47 Å². The van der Waals surface area contributed by atoms with E-state index in [0.29, 0.717) is 13.2 Å². The highest BCUT2D eigenvalue weighted by Gasteiger charge is 2.06. The molecule has 1 aromatic carbocycles. The molecule has 2 N–H and O–H groups in total. The number of ether oxygens (including phenoxy) is 2. The number of hydrogen-bond donors (Lipinski definition) is 2. The number of benzene rings is 1. The Morgan fingerprint density at radius 3 is 2.70 bits per heavy atom. The summed E-state index contributed by atoms with van der Waals surface area (Å²) < 4.78 is 11.0. The number of guanidine groups is 1. The molecule has 5 nitrogen and oxygen atoms in total. The number of methoxy groups -OCH3 is 1. The summed E-state index contributed by atoms with van der Waals surface area (Å²) >= 11 is 0. The van der Waals surface area contributed by atoms with E-state index in [1.54, 1.807) is 14.2 Å². The molecule has 0 aromatic heterocycles. The SMILES string of the molecule is CCCCCOc1cc(C)ccc1CNC(=NC)NCCOC. The monoisotopic (exact) mass is 321 g/mol. The van der Waals surface area contributed by atoms with Crippen molar-refractivity contribution in [2.24, 2.45) is 4.99 Å². The molecule has 0 amide bonds. The van der Waals surface area contributed by atoms with Crippen LogP contribution in [0.1, 0.15) is 37.3 Å². The van der Waals surface area contributed by atoms with Crippen molar-refractivity contribution in [3.05, 3.63) is 29.3 Å². The fourth-order valence-electron chi connectivity index (χ4n) is 2.15. The van der Waals surface area contributed by atoms with Crippen LogP contribution in [0, 0.1) is 6.92 Å². The second-order valence-corrected chi connectivity index (χ2v) is 5.51. The van der Waals surface area contributed by atoms with Gasteiger partial charge in [0.1, 0.15) is 5.75 Å². The summed E-state index contributed by atoms with van der Waals surface area (Å²) in [5.41, 5.74) is 2.35. The highest BCUT2D eigenvalue weighted by Crippen LogP contribution is 2.20. The summed E-state index contributed by atoms with van der Waals surface area (Å²) in [6, 6.07) is 6.32. The number of nitrogens with one attached hydrogen (secondary N) is 2. The van der Waals surface area contributed by atoms with Crippen molar-refractivity contribution in [3.8, 4) is 5.75 Å². The van der Waals surface area contributed by atoms with Gasteiger partial charge in [-0.05, 0) is 25.0 Å².